The Morgan fingerprint density at radius 2 is 2.00 bits per heavy atom. The van der Waals surface area contributed by atoms with E-state index in [4.69, 9.17) is 0 Å². The van der Waals surface area contributed by atoms with Crippen LogP contribution in [0.5, 0.6) is 0 Å². The fourth-order valence-electron chi connectivity index (χ4n) is 1.28. The Morgan fingerprint density at radius 3 is 2.61 bits per heavy atom. The minimum absolute atomic E-state index is 0.464. The summed E-state index contributed by atoms with van der Waals surface area (Å²) in [5, 5.41) is 9.28. The Kier molecular flexibility index (Phi) is 3.93. The summed E-state index contributed by atoms with van der Waals surface area (Å²) in [6.07, 6.45) is -0.464. The molecule has 7 heteroatoms. The van der Waals surface area contributed by atoms with Gasteiger partial charge in [0.15, 0.2) is 0 Å². The van der Waals surface area contributed by atoms with E-state index in [9.17, 15) is 4.79 Å². The first-order valence-corrected chi connectivity index (χ1v) is 6.64. The summed E-state index contributed by atoms with van der Waals surface area (Å²) in [5.74, 6) is 0. The van der Waals surface area contributed by atoms with Crippen molar-refractivity contribution in [1.82, 2.24) is 10.2 Å². The lowest BCUT2D eigenvalue weighted by Gasteiger charge is -2.09. The fraction of sp³-hybridized carbons (Fsp3) is 0.182. The molecule has 0 fully saturated rings. The van der Waals surface area contributed by atoms with Crippen molar-refractivity contribution in [3.8, 4) is 10.6 Å². The van der Waals surface area contributed by atoms with Crippen LogP contribution in [0.1, 0.15) is 0 Å². The normalized spacial score (nSPS) is 10.2. The zero-order chi connectivity index (χ0) is 13.1. The quantitative estimate of drug-likeness (QED) is 0.850. The standard InChI is InChI=1S/C11H10BrN3O2S/c1-15(11(16)17-2)10-14-13-9(18-10)7-3-5-8(12)6-4-7/h3-6H,1-2H3. The monoisotopic (exact) mass is 327 g/mol. The molecule has 1 amide bonds. The molecule has 0 saturated heterocycles. The second kappa shape index (κ2) is 5.45. The van der Waals surface area contributed by atoms with Gasteiger partial charge in [-0.1, -0.05) is 39.4 Å². The van der Waals surface area contributed by atoms with Crippen LogP contribution in [-0.2, 0) is 4.74 Å². The molecular weight excluding hydrogens is 318 g/mol. The molecule has 5 nitrogen and oxygen atoms in total. The number of ether oxygens (including phenoxy) is 1. The summed E-state index contributed by atoms with van der Waals surface area (Å²) in [4.78, 5) is 12.7. The van der Waals surface area contributed by atoms with Crippen LogP contribution in [0, 0.1) is 0 Å². The predicted octanol–water partition coefficient (Wildman–Crippen LogP) is 3.17. The molecule has 1 aromatic heterocycles. The van der Waals surface area contributed by atoms with Crippen molar-refractivity contribution in [3.63, 3.8) is 0 Å². The van der Waals surface area contributed by atoms with Crippen molar-refractivity contribution in [2.24, 2.45) is 0 Å². The third kappa shape index (κ3) is 2.68. The second-order valence-corrected chi connectivity index (χ2v) is 5.30. The first-order chi connectivity index (χ1) is 8.61. The lowest BCUT2D eigenvalue weighted by molar-refractivity contribution is 0.180. The van der Waals surface area contributed by atoms with Gasteiger partial charge in [0.2, 0.25) is 5.13 Å². The number of benzene rings is 1. The Morgan fingerprint density at radius 1 is 1.33 bits per heavy atom. The molecule has 0 aliphatic rings. The third-order valence-corrected chi connectivity index (χ3v) is 3.82. The molecule has 0 spiro atoms. The van der Waals surface area contributed by atoms with Gasteiger partial charge in [0.05, 0.1) is 7.11 Å². The minimum Gasteiger partial charge on any atom is -0.452 e. The van der Waals surface area contributed by atoms with Crippen LogP contribution < -0.4 is 4.90 Å². The van der Waals surface area contributed by atoms with E-state index in [0.717, 1.165) is 15.0 Å². The zero-order valence-electron chi connectivity index (χ0n) is 9.75. The number of carbonyl (C=O) groups excluding carboxylic acids is 1. The van der Waals surface area contributed by atoms with Gasteiger partial charge >= 0.3 is 6.09 Å². The molecule has 0 radical (unpaired) electrons. The maximum atomic E-state index is 11.3. The van der Waals surface area contributed by atoms with E-state index in [0.29, 0.717) is 5.13 Å². The number of nitrogens with zero attached hydrogens (tertiary/aromatic N) is 3. The molecule has 0 saturated carbocycles. The Labute approximate surface area is 117 Å². The zero-order valence-corrected chi connectivity index (χ0v) is 12.2. The average molecular weight is 328 g/mol. The summed E-state index contributed by atoms with van der Waals surface area (Å²) in [6, 6.07) is 7.74. The highest BCUT2D eigenvalue weighted by Crippen LogP contribution is 2.29. The molecule has 0 bridgehead atoms. The lowest BCUT2D eigenvalue weighted by Crippen LogP contribution is -2.25. The van der Waals surface area contributed by atoms with E-state index in [-0.39, 0.29) is 0 Å². The summed E-state index contributed by atoms with van der Waals surface area (Å²) in [6.45, 7) is 0. The maximum absolute atomic E-state index is 11.3. The lowest BCUT2D eigenvalue weighted by atomic mass is 10.2. The molecule has 94 valence electrons. The van der Waals surface area contributed by atoms with Crippen molar-refractivity contribution < 1.29 is 9.53 Å². The number of anilines is 1. The minimum atomic E-state index is -0.464. The number of aromatic nitrogens is 2. The SMILES string of the molecule is COC(=O)N(C)c1nnc(-c2ccc(Br)cc2)s1. The average Bonchev–Trinajstić information content (AvgIpc) is 2.87. The van der Waals surface area contributed by atoms with Gasteiger partial charge in [0.25, 0.3) is 0 Å². The van der Waals surface area contributed by atoms with Gasteiger partial charge in [-0.25, -0.2) is 4.79 Å². The number of rotatable bonds is 2. The van der Waals surface area contributed by atoms with Crippen LogP contribution in [0.15, 0.2) is 28.7 Å². The number of halogens is 1. The van der Waals surface area contributed by atoms with Crippen LogP contribution in [0.3, 0.4) is 0 Å². The number of hydrogen-bond acceptors (Lipinski definition) is 5. The van der Waals surface area contributed by atoms with Gasteiger partial charge < -0.3 is 4.74 Å². The van der Waals surface area contributed by atoms with Crippen LogP contribution in [0.25, 0.3) is 10.6 Å². The predicted molar refractivity (Wildman–Crippen MR) is 73.9 cm³/mol. The summed E-state index contributed by atoms with van der Waals surface area (Å²) in [5.41, 5.74) is 0.959. The van der Waals surface area contributed by atoms with Gasteiger partial charge in [0.1, 0.15) is 5.01 Å². The molecular formula is C11H10BrN3O2S. The second-order valence-electron chi connectivity index (χ2n) is 3.43. The maximum Gasteiger partial charge on any atom is 0.415 e. The Balaban J connectivity index is 2.25. The third-order valence-electron chi connectivity index (χ3n) is 2.24. The largest absolute Gasteiger partial charge is 0.452 e. The van der Waals surface area contributed by atoms with Crippen LogP contribution in [0.4, 0.5) is 9.93 Å². The topological polar surface area (TPSA) is 55.3 Å². The highest BCUT2D eigenvalue weighted by atomic mass is 79.9. The highest BCUT2D eigenvalue weighted by Gasteiger charge is 2.16. The molecule has 2 aromatic rings. The highest BCUT2D eigenvalue weighted by molar-refractivity contribution is 9.10. The van der Waals surface area contributed by atoms with Crippen LogP contribution >= 0.6 is 27.3 Å². The van der Waals surface area contributed by atoms with E-state index in [1.807, 2.05) is 24.3 Å². The molecule has 1 heterocycles. The number of methoxy groups -OCH3 is 1. The van der Waals surface area contributed by atoms with E-state index < -0.39 is 6.09 Å². The summed E-state index contributed by atoms with van der Waals surface area (Å²) >= 11 is 4.70. The van der Waals surface area contributed by atoms with Gasteiger partial charge in [-0.2, -0.15) is 0 Å². The van der Waals surface area contributed by atoms with Crippen molar-refractivity contribution in [1.29, 1.82) is 0 Å². The first-order valence-electron chi connectivity index (χ1n) is 5.03. The van der Waals surface area contributed by atoms with E-state index >= 15 is 0 Å². The Hall–Kier alpha value is -1.47. The van der Waals surface area contributed by atoms with Gasteiger partial charge in [-0.15, -0.1) is 10.2 Å². The smallest absolute Gasteiger partial charge is 0.415 e. The van der Waals surface area contributed by atoms with E-state index in [1.165, 1.54) is 23.3 Å². The van der Waals surface area contributed by atoms with Crippen molar-refractivity contribution >= 4 is 38.5 Å². The Bertz CT molecular complexity index is 556. The van der Waals surface area contributed by atoms with Gasteiger partial charge in [0, 0.05) is 17.1 Å². The summed E-state index contributed by atoms with van der Waals surface area (Å²) < 4.78 is 5.62. The molecule has 0 aliphatic carbocycles. The molecule has 1 aromatic carbocycles. The van der Waals surface area contributed by atoms with Crippen molar-refractivity contribution in [3.05, 3.63) is 28.7 Å². The molecule has 2 rings (SSSR count). The van der Waals surface area contributed by atoms with Crippen LogP contribution in [-0.4, -0.2) is 30.4 Å². The molecule has 0 aliphatic heterocycles. The van der Waals surface area contributed by atoms with E-state index in [2.05, 4.69) is 30.9 Å². The summed E-state index contributed by atoms with van der Waals surface area (Å²) in [7, 11) is 2.92. The molecule has 0 atom stereocenters. The molecule has 18 heavy (non-hydrogen) atoms. The first kappa shape index (κ1) is 13.0. The van der Waals surface area contributed by atoms with Crippen molar-refractivity contribution in [2.75, 3.05) is 19.1 Å². The van der Waals surface area contributed by atoms with Crippen LogP contribution in [0.2, 0.25) is 0 Å². The molecule has 0 N–H and O–H groups in total. The molecule has 0 unspecified atom stereocenters. The van der Waals surface area contributed by atoms with Gasteiger partial charge in [-0.3, -0.25) is 4.90 Å². The van der Waals surface area contributed by atoms with Gasteiger partial charge in [-0.05, 0) is 12.1 Å². The number of carbonyl (C=O) groups is 1. The fourth-order valence-corrected chi connectivity index (χ4v) is 2.34. The number of amides is 1. The van der Waals surface area contributed by atoms with E-state index in [1.54, 1.807) is 7.05 Å². The number of hydrogen-bond donors (Lipinski definition) is 0. The van der Waals surface area contributed by atoms with Crippen molar-refractivity contribution in [2.45, 2.75) is 0 Å².